The highest BCUT2D eigenvalue weighted by Gasteiger charge is 2.65. The lowest BCUT2D eigenvalue weighted by molar-refractivity contribution is -0.385. The number of aliphatic hydroxyl groups is 6. The van der Waals surface area contributed by atoms with Crippen molar-refractivity contribution in [1.82, 2.24) is 26.2 Å². The highest BCUT2D eigenvalue weighted by Crippen LogP contribution is 2.67. The first-order valence-corrected chi connectivity index (χ1v) is 38.2. The summed E-state index contributed by atoms with van der Waals surface area (Å²) in [7, 11) is 2.08. The summed E-state index contributed by atoms with van der Waals surface area (Å²) in [6, 6.07) is 1.37. The molecule has 0 unspecified atom stereocenters. The van der Waals surface area contributed by atoms with Gasteiger partial charge >= 0.3 is 11.9 Å². The van der Waals surface area contributed by atoms with Crippen molar-refractivity contribution in [3.05, 3.63) is 33.9 Å². The molecular weight excluding hydrogens is 1270 g/mol. The average Bonchev–Trinajstić information content (AvgIpc) is 1.38. The minimum atomic E-state index is -1.33. The largest absolute Gasteiger partial charge is 0.480 e. The van der Waals surface area contributed by atoms with Gasteiger partial charge in [0.25, 0.3) is 11.6 Å². The molecule has 0 spiro atoms. The maximum atomic E-state index is 14.7. The van der Waals surface area contributed by atoms with Crippen LogP contribution in [0.1, 0.15) is 186 Å². The van der Waals surface area contributed by atoms with Crippen LogP contribution in [-0.4, -0.2) is 179 Å². The number of nitrogens with zero attached hydrogens (tertiary/aromatic N) is 2. The molecule has 0 radical (unpaired) electrons. The molecule has 8 aliphatic rings. The molecule has 96 heavy (non-hydrogen) atoms. The number of nitrogens with two attached hydrogens (primary N) is 1. The molecule has 0 heterocycles. The summed E-state index contributed by atoms with van der Waals surface area (Å²) in [5.41, 5.74) is 4.07. The molecule has 14 N–H and O–H groups in total. The van der Waals surface area contributed by atoms with Gasteiger partial charge in [-0.3, -0.25) is 43.7 Å². The number of carbonyl (C=O) groups is 7. The van der Waals surface area contributed by atoms with Crippen molar-refractivity contribution in [3.63, 3.8) is 0 Å². The van der Waals surface area contributed by atoms with Crippen LogP contribution in [0.25, 0.3) is 0 Å². The van der Waals surface area contributed by atoms with E-state index in [1.807, 2.05) is 0 Å². The number of nitro benzene ring substituents is 1. The van der Waals surface area contributed by atoms with E-state index in [9.17, 15) is 79.4 Å². The van der Waals surface area contributed by atoms with Crippen molar-refractivity contribution in [3.8, 4) is 0 Å². The van der Waals surface area contributed by atoms with Crippen LogP contribution in [0.4, 0.5) is 5.69 Å². The topological polar surface area (TPSA) is 402 Å². The van der Waals surface area contributed by atoms with E-state index in [-0.39, 0.29) is 157 Å². The van der Waals surface area contributed by atoms with Crippen LogP contribution < -0.4 is 27.0 Å². The lowest BCUT2D eigenvalue weighted by atomic mass is 9.47. The monoisotopic (exact) mass is 1380 g/mol. The lowest BCUT2D eigenvalue weighted by Crippen LogP contribution is -2.59. The summed E-state index contributed by atoms with van der Waals surface area (Å²) in [4.78, 5) is 104. The summed E-state index contributed by atoms with van der Waals surface area (Å²) in [5, 5.41) is 110. The fourth-order valence-corrected chi connectivity index (χ4v) is 22.9. The molecule has 8 saturated carbocycles. The minimum absolute atomic E-state index is 0.102. The van der Waals surface area contributed by atoms with Crippen LogP contribution >= 0.6 is 21.6 Å². The number of unbranched alkanes of at least 4 members (excludes halogenated alkanes) is 1. The van der Waals surface area contributed by atoms with Crippen molar-refractivity contribution in [2.24, 2.45) is 99.4 Å². The Morgan fingerprint density at radius 1 is 0.646 bits per heavy atom. The van der Waals surface area contributed by atoms with Crippen LogP contribution in [-0.2, 0) is 28.8 Å². The molecule has 0 aromatic heterocycles. The minimum Gasteiger partial charge on any atom is -0.480 e. The smallest absolute Gasteiger partial charge is 0.322 e. The first-order valence-electron chi connectivity index (χ1n) is 35.9. The number of carboxylic acid groups (broad SMARTS) is 2. The van der Waals surface area contributed by atoms with E-state index >= 15 is 0 Å². The van der Waals surface area contributed by atoms with E-state index in [1.165, 1.54) is 23.1 Å². The van der Waals surface area contributed by atoms with E-state index in [0.717, 1.165) is 79.4 Å². The molecule has 8 aliphatic carbocycles. The summed E-state index contributed by atoms with van der Waals surface area (Å²) < 4.78 is 0. The number of aliphatic hydroxyl groups excluding tert-OH is 6. The van der Waals surface area contributed by atoms with Gasteiger partial charge in [0, 0.05) is 62.2 Å². The molecule has 8 fully saturated rings. The SMILES string of the molecule is C[C@H](CCC(=O)NCCCCN(CCCNC(=O)CC[C@@H](C)[C@H]1CC[C@H]2[C@H]3[C@H](C[C@@H](O)[C@]12C)[C@H]1CC[C@@H](O)C[C@H]1C[C@H]3O)C(=O)c1cc(SSC[C@H](NC(=O)CC[C@H](N)C(=O)O)C(=O)NCC(=O)O)ccc1[N+](=O)[O-])[C@H]1CC[C@H]2[C@H]3[C@H](C[C@@H](O)[C@]12C)[C@H]1CC[C@@H](O)C[C@H]1C[C@H]3O. The van der Waals surface area contributed by atoms with Gasteiger partial charge in [0.1, 0.15) is 24.2 Å². The number of carbonyl (C=O) groups excluding carboxylic acids is 5. The molecule has 24 atom stereocenters. The average molecular weight is 1380 g/mol. The predicted molar refractivity (Wildman–Crippen MR) is 360 cm³/mol. The van der Waals surface area contributed by atoms with Crippen molar-refractivity contribution in [1.29, 1.82) is 0 Å². The number of benzene rings is 1. The highest BCUT2D eigenvalue weighted by atomic mass is 33.1. The molecule has 0 aliphatic heterocycles. The van der Waals surface area contributed by atoms with Gasteiger partial charge in [-0.25, -0.2) is 0 Å². The molecule has 538 valence electrons. The van der Waals surface area contributed by atoms with Gasteiger partial charge in [0.2, 0.25) is 23.6 Å². The predicted octanol–water partition coefficient (Wildman–Crippen LogP) is 6.03. The van der Waals surface area contributed by atoms with Gasteiger partial charge in [-0.1, -0.05) is 49.3 Å². The Kier molecular flexibility index (Phi) is 26.1. The molecule has 0 saturated heterocycles. The van der Waals surface area contributed by atoms with Crippen molar-refractivity contribution in [2.45, 2.75) is 229 Å². The number of rotatable bonds is 31. The molecule has 24 nitrogen and oxygen atoms in total. The second-order valence-electron chi connectivity index (χ2n) is 30.8. The Morgan fingerprint density at radius 3 is 1.67 bits per heavy atom. The first-order chi connectivity index (χ1) is 45.6. The zero-order valence-corrected chi connectivity index (χ0v) is 58.1. The molecule has 1 aromatic rings. The Bertz CT molecular complexity index is 2920. The van der Waals surface area contributed by atoms with Crippen LogP contribution in [0.15, 0.2) is 23.1 Å². The van der Waals surface area contributed by atoms with Crippen LogP contribution in [0.3, 0.4) is 0 Å². The van der Waals surface area contributed by atoms with Crippen molar-refractivity contribution in [2.75, 3.05) is 38.5 Å². The summed E-state index contributed by atoms with van der Waals surface area (Å²) in [6.07, 6.45) is 10.8. The molecule has 0 bridgehead atoms. The Hall–Kier alpha value is -4.67. The number of amides is 5. The third kappa shape index (κ3) is 17.2. The maximum absolute atomic E-state index is 14.7. The normalized spacial score (nSPS) is 35.5. The van der Waals surface area contributed by atoms with Gasteiger partial charge in [-0.05, 0) is 234 Å². The van der Waals surface area contributed by atoms with E-state index in [0.29, 0.717) is 87.5 Å². The molecule has 26 heteroatoms. The van der Waals surface area contributed by atoms with Crippen molar-refractivity contribution < 1.29 is 79.3 Å². The zero-order valence-electron chi connectivity index (χ0n) is 56.5. The standard InChI is InChI=1S/C70H109N7O17S2/c1-37(49-15-17-51-64-46(33-58(82)69(49,51)3)44-13-10-41(78)28-39(44)30-56(64)80)8-21-60(84)72-24-5-6-26-76(67(90)48-32-43(12-20-55(48)77(93)94)96-95-36-54(66(89)74-35-63(87)88)75-62(86)23-19-53(71)68(91)92)27-7-25-73-61(85)22-9-38(2)50-16-18-52-65-47(34-59(83)70(50,52)4)45-14-11-42(79)29-40(45)31-57(65)81/h12,20,32,37-42,44-47,49-54,56-59,64-65,78-83H,5-11,13-19,21-31,33-36,71H2,1-4H3,(H,72,84)(H,73,85)(H,74,89)(H,75,86)(H,87,88)(H,91,92)/t37-,38-,39+,40+,41-,42-,44+,45+,46-,47-,49-,50-,51+,52+,53+,54+,56-,57-,58-,59-,64-,65-,69-,70-/m1/s1. The van der Waals surface area contributed by atoms with E-state index < -0.39 is 88.7 Å². The zero-order chi connectivity index (χ0) is 69.5. The van der Waals surface area contributed by atoms with Gasteiger partial charge in [0.15, 0.2) is 0 Å². The van der Waals surface area contributed by atoms with Crippen LogP contribution in [0.2, 0.25) is 0 Å². The second kappa shape index (κ2) is 33.2. The van der Waals surface area contributed by atoms with E-state index in [4.69, 9.17) is 10.8 Å². The van der Waals surface area contributed by atoms with Gasteiger partial charge in [-0.2, -0.15) is 0 Å². The number of hydrogen-bond donors (Lipinski definition) is 13. The Balaban J connectivity index is 0.797. The third-order valence-corrected chi connectivity index (χ3v) is 27.9. The lowest BCUT2D eigenvalue weighted by Gasteiger charge is -2.59. The van der Waals surface area contributed by atoms with Crippen LogP contribution in [0.5, 0.6) is 0 Å². The number of nitrogens with one attached hydrogen (secondary N) is 4. The number of carboxylic acids is 2. The molecular formula is C70H109N7O17S2. The molecule has 9 rings (SSSR count). The van der Waals surface area contributed by atoms with E-state index in [1.54, 1.807) is 0 Å². The third-order valence-electron chi connectivity index (χ3n) is 25.5. The van der Waals surface area contributed by atoms with Gasteiger partial charge in [-0.15, -0.1) is 0 Å². The Morgan fingerprint density at radius 2 is 1.16 bits per heavy atom. The van der Waals surface area contributed by atoms with Crippen molar-refractivity contribution >= 4 is 68.7 Å². The number of aliphatic carboxylic acids is 2. The van der Waals surface area contributed by atoms with Crippen LogP contribution in [0, 0.1) is 104 Å². The fourth-order valence-electron chi connectivity index (χ4n) is 20.7. The quantitative estimate of drug-likeness (QED) is 0.0174. The fraction of sp³-hybridized carbons (Fsp3) is 0.814. The summed E-state index contributed by atoms with van der Waals surface area (Å²) in [5.74, 6) is -2.32. The second-order valence-corrected chi connectivity index (χ2v) is 33.2. The Labute approximate surface area is 572 Å². The van der Waals surface area contributed by atoms with Gasteiger partial charge < -0.3 is 72.8 Å². The summed E-state index contributed by atoms with van der Waals surface area (Å²) in [6.45, 7) is 8.71. The maximum Gasteiger partial charge on any atom is 0.322 e. The molecule has 5 amide bonds. The summed E-state index contributed by atoms with van der Waals surface area (Å²) >= 11 is 0. The number of hydrogen-bond acceptors (Lipinski definition) is 18. The van der Waals surface area contributed by atoms with E-state index in [2.05, 4.69) is 49.0 Å². The molecule has 1 aromatic carbocycles. The number of fused-ring (bicyclic) bond motifs is 10. The first kappa shape index (κ1) is 75.5. The van der Waals surface area contributed by atoms with Gasteiger partial charge in [0.05, 0.1) is 41.5 Å². The highest BCUT2D eigenvalue weighted by molar-refractivity contribution is 8.76. The number of nitro groups is 1.